The van der Waals surface area contributed by atoms with Crippen LogP contribution in [-0.2, 0) is 17.6 Å². The van der Waals surface area contributed by atoms with Gasteiger partial charge in [-0.2, -0.15) is 0 Å². The average molecular weight is 225 g/mol. The molecule has 16 heavy (non-hydrogen) atoms. The Kier molecular flexibility index (Phi) is 2.16. The van der Waals surface area contributed by atoms with Gasteiger partial charge in [-0.3, -0.25) is 5.73 Å². The number of phenolic OH excluding ortho intramolecular Hbond substituents is 2. The van der Waals surface area contributed by atoms with Crippen LogP contribution in [0.25, 0.3) is 0 Å². The molecule has 0 heterocycles. The molecule has 6 nitrogen and oxygen atoms in total. The summed E-state index contributed by atoms with van der Waals surface area (Å²) in [5, 5.41) is 27.1. The van der Waals surface area contributed by atoms with Crippen molar-refractivity contribution in [2.75, 3.05) is 0 Å². The lowest BCUT2D eigenvalue weighted by Crippen LogP contribution is -2.45. The second kappa shape index (κ2) is 3.28. The minimum Gasteiger partial charge on any atom is -0.504 e. The van der Waals surface area contributed by atoms with Gasteiger partial charge in [0.1, 0.15) is 0 Å². The van der Waals surface area contributed by atoms with Crippen molar-refractivity contribution in [3.63, 3.8) is 0 Å². The molecule has 0 aromatic heterocycles. The zero-order chi connectivity index (χ0) is 11.9. The molecule has 0 saturated heterocycles. The van der Waals surface area contributed by atoms with Crippen LogP contribution in [0.1, 0.15) is 11.1 Å². The summed E-state index contributed by atoms with van der Waals surface area (Å²) in [5.41, 5.74) is 5.79. The monoisotopic (exact) mass is 225 g/mol. The molecule has 0 unspecified atom stereocenters. The fourth-order valence-corrected chi connectivity index (χ4v) is 1.95. The van der Waals surface area contributed by atoms with Crippen molar-refractivity contribution >= 4 is 6.16 Å². The standard InChI is InChI=1S/C10H11NO5/c11-10(16-9(14)15)3-5-1-7(12)8(13)2-6(5)4-10/h1-2,12-13H,3-4,11H2,(H,14,15). The minimum absolute atomic E-state index is 0.183. The van der Waals surface area contributed by atoms with Crippen LogP contribution < -0.4 is 5.73 Å². The molecule has 0 amide bonds. The zero-order valence-electron chi connectivity index (χ0n) is 8.30. The Morgan fingerprint density at radius 1 is 1.25 bits per heavy atom. The third-order valence-corrected chi connectivity index (χ3v) is 2.57. The number of carbonyl (C=O) groups is 1. The van der Waals surface area contributed by atoms with Crippen molar-refractivity contribution in [1.29, 1.82) is 0 Å². The SMILES string of the molecule is NC1(OC(=O)O)Cc2cc(O)c(O)cc2C1. The van der Waals surface area contributed by atoms with E-state index in [2.05, 4.69) is 4.74 Å². The first-order valence-electron chi connectivity index (χ1n) is 4.64. The van der Waals surface area contributed by atoms with Crippen LogP contribution >= 0.6 is 0 Å². The van der Waals surface area contributed by atoms with E-state index in [1.54, 1.807) is 0 Å². The summed E-state index contributed by atoms with van der Waals surface area (Å²) in [6.07, 6.45) is -1.07. The number of aromatic hydroxyl groups is 2. The summed E-state index contributed by atoms with van der Waals surface area (Å²) in [6.45, 7) is 0. The van der Waals surface area contributed by atoms with Crippen LogP contribution in [0, 0.1) is 0 Å². The number of rotatable bonds is 1. The first kappa shape index (κ1) is 10.6. The van der Waals surface area contributed by atoms with Crippen LogP contribution in [0.2, 0.25) is 0 Å². The molecule has 6 heteroatoms. The van der Waals surface area contributed by atoms with Gasteiger partial charge in [0, 0.05) is 12.8 Å². The summed E-state index contributed by atoms with van der Waals surface area (Å²) in [6, 6.07) is 2.73. The molecule has 86 valence electrons. The van der Waals surface area contributed by atoms with E-state index in [-0.39, 0.29) is 24.3 Å². The van der Waals surface area contributed by atoms with Gasteiger partial charge >= 0.3 is 6.16 Å². The Morgan fingerprint density at radius 2 is 1.69 bits per heavy atom. The maximum absolute atomic E-state index is 10.4. The maximum atomic E-state index is 10.4. The van der Waals surface area contributed by atoms with Crippen LogP contribution in [0.4, 0.5) is 4.79 Å². The van der Waals surface area contributed by atoms with Gasteiger partial charge in [0.15, 0.2) is 17.2 Å². The Labute approximate surface area is 90.9 Å². The van der Waals surface area contributed by atoms with Gasteiger partial charge < -0.3 is 20.1 Å². The van der Waals surface area contributed by atoms with Crippen molar-refractivity contribution < 1.29 is 24.9 Å². The van der Waals surface area contributed by atoms with Gasteiger partial charge in [0.2, 0.25) is 0 Å². The second-order valence-electron chi connectivity index (χ2n) is 3.90. The third-order valence-electron chi connectivity index (χ3n) is 2.57. The minimum atomic E-state index is -1.44. The van der Waals surface area contributed by atoms with E-state index in [9.17, 15) is 15.0 Å². The number of ether oxygens (including phenoxy) is 1. The van der Waals surface area contributed by atoms with E-state index in [0.717, 1.165) is 0 Å². The number of benzene rings is 1. The average Bonchev–Trinajstić information content (AvgIpc) is 2.40. The molecule has 1 aromatic carbocycles. The Balaban J connectivity index is 2.30. The normalized spacial score (nSPS) is 16.8. The molecule has 0 atom stereocenters. The molecule has 1 aromatic rings. The zero-order valence-corrected chi connectivity index (χ0v) is 8.30. The molecular formula is C10H11NO5. The van der Waals surface area contributed by atoms with Crippen LogP contribution in [0.3, 0.4) is 0 Å². The molecule has 1 aliphatic rings. The van der Waals surface area contributed by atoms with Crippen molar-refractivity contribution in [3.05, 3.63) is 23.3 Å². The molecule has 0 fully saturated rings. The number of hydrogen-bond acceptors (Lipinski definition) is 5. The van der Waals surface area contributed by atoms with Gasteiger partial charge in [0.25, 0.3) is 0 Å². The molecule has 0 aliphatic heterocycles. The summed E-state index contributed by atoms with van der Waals surface area (Å²) >= 11 is 0. The largest absolute Gasteiger partial charge is 0.507 e. The molecule has 5 N–H and O–H groups in total. The number of phenols is 2. The summed E-state index contributed by atoms with van der Waals surface area (Å²) < 4.78 is 4.59. The predicted octanol–water partition coefficient (Wildman–Crippen LogP) is 0.546. The highest BCUT2D eigenvalue weighted by Crippen LogP contribution is 2.36. The van der Waals surface area contributed by atoms with Crippen LogP contribution in [0.15, 0.2) is 12.1 Å². The van der Waals surface area contributed by atoms with Gasteiger partial charge in [-0.05, 0) is 23.3 Å². The fourth-order valence-electron chi connectivity index (χ4n) is 1.95. The number of hydrogen-bond donors (Lipinski definition) is 4. The van der Waals surface area contributed by atoms with E-state index >= 15 is 0 Å². The highest BCUT2D eigenvalue weighted by molar-refractivity contribution is 5.58. The maximum Gasteiger partial charge on any atom is 0.507 e. The Hall–Kier alpha value is -1.95. The van der Waals surface area contributed by atoms with Gasteiger partial charge in [-0.25, -0.2) is 4.79 Å². The smallest absolute Gasteiger partial charge is 0.504 e. The second-order valence-corrected chi connectivity index (χ2v) is 3.90. The molecule has 0 saturated carbocycles. The van der Waals surface area contributed by atoms with Gasteiger partial charge in [-0.1, -0.05) is 0 Å². The highest BCUT2D eigenvalue weighted by Gasteiger charge is 2.38. The lowest BCUT2D eigenvalue weighted by molar-refractivity contribution is -0.00874. The predicted molar refractivity (Wildman–Crippen MR) is 53.2 cm³/mol. The Bertz CT molecular complexity index is 426. The van der Waals surface area contributed by atoms with E-state index in [1.165, 1.54) is 12.1 Å². The fraction of sp³-hybridized carbons (Fsp3) is 0.300. The number of nitrogens with two attached hydrogens (primary N) is 1. The van der Waals surface area contributed by atoms with Crippen LogP contribution in [-0.4, -0.2) is 27.2 Å². The molecule has 2 rings (SSSR count). The van der Waals surface area contributed by atoms with E-state index in [4.69, 9.17) is 10.8 Å². The summed E-state index contributed by atoms with van der Waals surface area (Å²) in [7, 11) is 0. The summed E-state index contributed by atoms with van der Waals surface area (Å²) in [5.74, 6) is -0.503. The van der Waals surface area contributed by atoms with Crippen LogP contribution in [0.5, 0.6) is 11.5 Å². The Morgan fingerprint density at radius 3 is 2.06 bits per heavy atom. The first-order chi connectivity index (χ1) is 7.39. The molecule has 0 bridgehead atoms. The highest BCUT2D eigenvalue weighted by atomic mass is 16.7. The summed E-state index contributed by atoms with van der Waals surface area (Å²) in [4.78, 5) is 10.4. The van der Waals surface area contributed by atoms with E-state index in [1.807, 2.05) is 0 Å². The molecule has 0 radical (unpaired) electrons. The lowest BCUT2D eigenvalue weighted by atomic mass is 10.1. The van der Waals surface area contributed by atoms with Crippen molar-refractivity contribution in [2.24, 2.45) is 5.73 Å². The molecule has 0 spiro atoms. The van der Waals surface area contributed by atoms with Gasteiger partial charge in [0.05, 0.1) is 0 Å². The number of fused-ring (bicyclic) bond motifs is 1. The lowest BCUT2D eigenvalue weighted by Gasteiger charge is -2.21. The van der Waals surface area contributed by atoms with Crippen molar-refractivity contribution in [1.82, 2.24) is 0 Å². The van der Waals surface area contributed by atoms with E-state index in [0.29, 0.717) is 11.1 Å². The van der Waals surface area contributed by atoms with Gasteiger partial charge in [-0.15, -0.1) is 0 Å². The first-order valence-corrected chi connectivity index (χ1v) is 4.64. The molecule has 1 aliphatic carbocycles. The van der Waals surface area contributed by atoms with Crippen molar-refractivity contribution in [2.45, 2.75) is 18.6 Å². The van der Waals surface area contributed by atoms with E-state index < -0.39 is 11.9 Å². The topological polar surface area (TPSA) is 113 Å². The molecular weight excluding hydrogens is 214 g/mol. The third kappa shape index (κ3) is 1.74. The number of carboxylic acid groups (broad SMARTS) is 1. The quantitative estimate of drug-likeness (QED) is 0.315. The van der Waals surface area contributed by atoms with Crippen molar-refractivity contribution in [3.8, 4) is 11.5 Å².